The van der Waals surface area contributed by atoms with Crippen LogP contribution in [0.15, 0.2) is 60.8 Å². The number of halogens is 1. The van der Waals surface area contributed by atoms with Crippen LogP contribution >= 0.6 is 11.6 Å². The Kier molecular flexibility index (Phi) is 9.91. The lowest BCUT2D eigenvalue weighted by atomic mass is 10.3. The monoisotopic (exact) mass is 511 g/mol. The lowest BCUT2D eigenvalue weighted by molar-refractivity contribution is 0.0958. The second kappa shape index (κ2) is 13.3. The molecule has 0 atom stereocenters. The summed E-state index contributed by atoms with van der Waals surface area (Å²) in [5.41, 5.74) is 1.25. The first kappa shape index (κ1) is 26.8. The Morgan fingerprint density at radius 3 is 2.36 bits per heavy atom. The van der Waals surface area contributed by atoms with E-state index < -0.39 is 6.03 Å². The number of amides is 3. The number of anilines is 2. The van der Waals surface area contributed by atoms with E-state index in [-0.39, 0.29) is 11.6 Å². The smallest absolute Gasteiger partial charge is 0.323 e. The average molecular weight is 512 g/mol. The number of likely N-dealkylation sites (N-methyl/N-ethyl adjacent to an activating group) is 1. The van der Waals surface area contributed by atoms with Gasteiger partial charge in [0, 0.05) is 37.6 Å². The quantitative estimate of drug-likeness (QED) is 0.324. The fraction of sp³-hybridized carbons (Fsp3) is 0.269. The molecule has 36 heavy (non-hydrogen) atoms. The van der Waals surface area contributed by atoms with Gasteiger partial charge >= 0.3 is 6.03 Å². The van der Waals surface area contributed by atoms with Crippen molar-refractivity contribution in [2.75, 3.05) is 43.9 Å². The topological polar surface area (TPSA) is 105 Å². The molecule has 3 aromatic rings. The molecule has 2 aromatic carbocycles. The normalized spacial score (nSPS) is 10.6. The third-order valence-electron chi connectivity index (χ3n) is 5.30. The number of urea groups is 1. The lowest BCUT2D eigenvalue weighted by Gasteiger charge is -2.18. The zero-order chi connectivity index (χ0) is 25.9. The summed E-state index contributed by atoms with van der Waals surface area (Å²) in [6.45, 7) is 7.49. The Morgan fingerprint density at radius 2 is 1.67 bits per heavy atom. The number of nitrogens with zero attached hydrogens (tertiary/aromatic N) is 2. The predicted molar refractivity (Wildman–Crippen MR) is 142 cm³/mol. The van der Waals surface area contributed by atoms with Crippen LogP contribution in [0.4, 0.5) is 16.2 Å². The molecule has 1 heterocycles. The molecule has 190 valence electrons. The van der Waals surface area contributed by atoms with Crippen LogP contribution in [0, 0.1) is 0 Å². The Morgan fingerprint density at radius 1 is 0.944 bits per heavy atom. The van der Waals surface area contributed by atoms with Crippen molar-refractivity contribution < 1.29 is 19.1 Å². The van der Waals surface area contributed by atoms with E-state index in [0.29, 0.717) is 40.3 Å². The minimum absolute atomic E-state index is 0.252. The van der Waals surface area contributed by atoms with E-state index in [1.54, 1.807) is 54.6 Å². The maximum absolute atomic E-state index is 12.5. The number of nitrogens with one attached hydrogen (secondary N) is 3. The molecular weight excluding hydrogens is 482 g/mol. The molecule has 0 unspecified atom stereocenters. The largest absolute Gasteiger partial charge is 0.492 e. The summed E-state index contributed by atoms with van der Waals surface area (Å²) in [6.07, 6.45) is 1.50. The zero-order valence-corrected chi connectivity index (χ0v) is 21.3. The molecule has 0 aliphatic rings. The van der Waals surface area contributed by atoms with Gasteiger partial charge in [-0.15, -0.1) is 0 Å². The van der Waals surface area contributed by atoms with E-state index in [0.717, 1.165) is 19.6 Å². The molecule has 0 spiro atoms. The molecule has 10 heteroatoms. The Balaban J connectivity index is 1.55. The van der Waals surface area contributed by atoms with Crippen LogP contribution in [0.2, 0.25) is 5.02 Å². The average Bonchev–Trinajstić information content (AvgIpc) is 2.89. The van der Waals surface area contributed by atoms with Crippen molar-refractivity contribution in [3.63, 3.8) is 0 Å². The van der Waals surface area contributed by atoms with Gasteiger partial charge in [-0.1, -0.05) is 25.4 Å². The highest BCUT2D eigenvalue weighted by Gasteiger charge is 2.10. The van der Waals surface area contributed by atoms with Crippen LogP contribution in [0.1, 0.15) is 24.3 Å². The van der Waals surface area contributed by atoms with Gasteiger partial charge in [0.2, 0.25) is 0 Å². The number of hydrogen-bond acceptors (Lipinski definition) is 6. The molecule has 3 N–H and O–H groups in total. The number of benzene rings is 2. The van der Waals surface area contributed by atoms with Crippen LogP contribution in [-0.2, 0) is 0 Å². The van der Waals surface area contributed by atoms with Crippen LogP contribution in [0.3, 0.4) is 0 Å². The van der Waals surface area contributed by atoms with Gasteiger partial charge in [-0.2, -0.15) is 0 Å². The van der Waals surface area contributed by atoms with Crippen molar-refractivity contribution in [3.05, 3.63) is 71.5 Å². The van der Waals surface area contributed by atoms with Crippen molar-refractivity contribution in [1.82, 2.24) is 15.2 Å². The van der Waals surface area contributed by atoms with Crippen molar-refractivity contribution in [2.24, 2.45) is 0 Å². The van der Waals surface area contributed by atoms with Gasteiger partial charge in [0.05, 0.1) is 10.7 Å². The summed E-state index contributed by atoms with van der Waals surface area (Å²) >= 11 is 6.26. The van der Waals surface area contributed by atoms with Gasteiger partial charge in [-0.05, 0) is 55.6 Å². The number of pyridine rings is 1. The van der Waals surface area contributed by atoms with Crippen molar-refractivity contribution in [3.8, 4) is 17.2 Å². The van der Waals surface area contributed by atoms with Crippen molar-refractivity contribution >= 4 is 34.9 Å². The van der Waals surface area contributed by atoms with Gasteiger partial charge in [-0.3, -0.25) is 9.78 Å². The maximum Gasteiger partial charge on any atom is 0.323 e. The Hall–Kier alpha value is -3.82. The highest BCUT2D eigenvalue weighted by molar-refractivity contribution is 6.33. The van der Waals surface area contributed by atoms with Crippen molar-refractivity contribution in [2.45, 2.75) is 13.8 Å². The van der Waals surface area contributed by atoms with E-state index in [1.807, 2.05) is 0 Å². The molecule has 0 radical (unpaired) electrons. The molecular formula is C26H30ClN5O4. The third-order valence-corrected chi connectivity index (χ3v) is 5.63. The summed E-state index contributed by atoms with van der Waals surface area (Å²) in [7, 11) is 1.53. The molecule has 3 rings (SSSR count). The summed E-state index contributed by atoms with van der Waals surface area (Å²) in [4.78, 5) is 30.5. The molecule has 0 bridgehead atoms. The minimum Gasteiger partial charge on any atom is -0.492 e. The number of ether oxygens (including phenoxy) is 2. The van der Waals surface area contributed by atoms with Gasteiger partial charge in [0.15, 0.2) is 0 Å². The second-order valence-electron chi connectivity index (χ2n) is 7.68. The van der Waals surface area contributed by atoms with Gasteiger partial charge in [-0.25, -0.2) is 4.79 Å². The van der Waals surface area contributed by atoms with E-state index in [9.17, 15) is 9.59 Å². The number of aromatic nitrogens is 1. The summed E-state index contributed by atoms with van der Waals surface area (Å²) in [5.74, 6) is 1.32. The Labute approximate surface area is 215 Å². The highest BCUT2D eigenvalue weighted by Crippen LogP contribution is 2.27. The van der Waals surface area contributed by atoms with E-state index in [1.165, 1.54) is 13.2 Å². The van der Waals surface area contributed by atoms with Crippen molar-refractivity contribution in [1.29, 1.82) is 0 Å². The summed E-state index contributed by atoms with van der Waals surface area (Å²) in [6, 6.07) is 14.7. The SMILES string of the molecule is CCN(CC)CCOc1ccc(Cl)c(NC(=O)Nc2ccc(Oc3ccnc(C(=O)NC)c3)cc2)c1. The number of carbonyl (C=O) groups excluding carboxylic acids is 2. The van der Waals surface area contributed by atoms with E-state index in [4.69, 9.17) is 21.1 Å². The fourth-order valence-corrected chi connectivity index (χ4v) is 3.44. The molecule has 0 aliphatic heterocycles. The standard InChI is InChI=1S/C26H30ClN5O4/c1-4-32(5-2)14-15-35-20-10-11-22(27)23(16-20)31-26(34)30-18-6-8-19(9-7-18)36-21-12-13-29-24(17-21)25(33)28-3/h6-13,16-17H,4-5,14-15H2,1-3H3,(H,28,33)(H2,30,31,34). The summed E-state index contributed by atoms with van der Waals surface area (Å²) < 4.78 is 11.6. The lowest BCUT2D eigenvalue weighted by Crippen LogP contribution is -2.27. The first-order valence-corrected chi connectivity index (χ1v) is 12.0. The van der Waals surface area contributed by atoms with Crippen LogP contribution in [0.5, 0.6) is 17.2 Å². The molecule has 1 aromatic heterocycles. The van der Waals surface area contributed by atoms with Crippen LogP contribution in [-0.4, -0.2) is 55.1 Å². The van der Waals surface area contributed by atoms with E-state index in [2.05, 4.69) is 39.7 Å². The molecule has 0 saturated heterocycles. The third kappa shape index (κ3) is 7.86. The molecule has 0 aliphatic carbocycles. The number of hydrogen-bond donors (Lipinski definition) is 3. The highest BCUT2D eigenvalue weighted by atomic mass is 35.5. The van der Waals surface area contributed by atoms with E-state index >= 15 is 0 Å². The van der Waals surface area contributed by atoms with Crippen LogP contribution in [0.25, 0.3) is 0 Å². The molecule has 0 saturated carbocycles. The second-order valence-corrected chi connectivity index (χ2v) is 8.09. The fourth-order valence-electron chi connectivity index (χ4n) is 3.28. The van der Waals surface area contributed by atoms with Gasteiger partial charge < -0.3 is 30.3 Å². The van der Waals surface area contributed by atoms with Gasteiger partial charge in [0.1, 0.15) is 29.5 Å². The zero-order valence-electron chi connectivity index (χ0n) is 20.5. The number of carbonyl (C=O) groups is 2. The molecule has 3 amide bonds. The summed E-state index contributed by atoms with van der Waals surface area (Å²) in [5, 5.41) is 8.43. The predicted octanol–water partition coefficient (Wildman–Crippen LogP) is 5.25. The molecule has 9 nitrogen and oxygen atoms in total. The molecule has 0 fully saturated rings. The first-order valence-electron chi connectivity index (χ1n) is 11.6. The number of rotatable bonds is 11. The van der Waals surface area contributed by atoms with Gasteiger partial charge in [0.25, 0.3) is 5.91 Å². The minimum atomic E-state index is -0.449. The van der Waals surface area contributed by atoms with Crippen LogP contribution < -0.4 is 25.4 Å². The first-order chi connectivity index (χ1) is 17.4. The maximum atomic E-state index is 12.5. The Bertz CT molecular complexity index is 1170.